The van der Waals surface area contributed by atoms with E-state index in [0.29, 0.717) is 27.4 Å². The lowest BCUT2D eigenvalue weighted by molar-refractivity contribution is 0.0933. The van der Waals surface area contributed by atoms with Gasteiger partial charge in [-0.1, -0.05) is 35.9 Å². The molecule has 4 aromatic rings. The fraction of sp³-hybridized carbons (Fsp3) is 0.0952. The van der Waals surface area contributed by atoms with Crippen molar-refractivity contribution in [1.29, 1.82) is 0 Å². The Hall–Kier alpha value is -3.78. The Morgan fingerprint density at radius 3 is 2.57 bits per heavy atom. The van der Waals surface area contributed by atoms with Gasteiger partial charge >= 0.3 is 0 Å². The van der Waals surface area contributed by atoms with E-state index in [2.05, 4.69) is 20.3 Å². The maximum Gasteiger partial charge on any atom is 0.274 e. The van der Waals surface area contributed by atoms with E-state index in [1.54, 1.807) is 37.3 Å². The van der Waals surface area contributed by atoms with Gasteiger partial charge in [-0.2, -0.15) is 0 Å². The van der Waals surface area contributed by atoms with Gasteiger partial charge in [-0.25, -0.2) is 15.0 Å². The number of amides is 1. The van der Waals surface area contributed by atoms with Gasteiger partial charge in [0.05, 0.1) is 27.7 Å². The Labute approximate surface area is 176 Å². The molecule has 0 aliphatic heterocycles. The minimum Gasteiger partial charge on any atom is -0.382 e. The first-order valence-corrected chi connectivity index (χ1v) is 9.49. The number of anilines is 1. The molecular formula is C21H17ClN6O2. The average Bonchev–Trinajstić information content (AvgIpc) is 2.74. The van der Waals surface area contributed by atoms with Crippen molar-refractivity contribution in [2.45, 2.75) is 13.0 Å². The zero-order chi connectivity index (χ0) is 21.3. The van der Waals surface area contributed by atoms with Crippen molar-refractivity contribution in [1.82, 2.24) is 24.8 Å². The van der Waals surface area contributed by atoms with Crippen molar-refractivity contribution in [3.63, 3.8) is 0 Å². The molecule has 0 saturated heterocycles. The molecule has 150 valence electrons. The third-order valence-electron chi connectivity index (χ3n) is 4.56. The molecule has 2 aromatic carbocycles. The lowest BCUT2D eigenvalue weighted by Gasteiger charge is -2.20. The third-order valence-corrected chi connectivity index (χ3v) is 4.88. The highest BCUT2D eigenvalue weighted by atomic mass is 35.5. The summed E-state index contributed by atoms with van der Waals surface area (Å²) in [5.74, 6) is -0.161. The predicted octanol–water partition coefficient (Wildman–Crippen LogP) is 2.90. The molecule has 0 aliphatic rings. The summed E-state index contributed by atoms with van der Waals surface area (Å²) >= 11 is 6.28. The minimum absolute atomic E-state index is 0.00166. The summed E-state index contributed by atoms with van der Waals surface area (Å²) in [6.45, 7) is 1.72. The maximum atomic E-state index is 13.4. The Morgan fingerprint density at radius 1 is 1.10 bits per heavy atom. The zero-order valence-electron chi connectivity index (χ0n) is 15.9. The summed E-state index contributed by atoms with van der Waals surface area (Å²) in [7, 11) is 0. The number of fused-ring (bicyclic) bond motifs is 1. The molecule has 0 saturated carbocycles. The highest BCUT2D eigenvalue weighted by Crippen LogP contribution is 2.23. The van der Waals surface area contributed by atoms with Gasteiger partial charge in [0, 0.05) is 12.4 Å². The zero-order valence-corrected chi connectivity index (χ0v) is 16.7. The fourth-order valence-corrected chi connectivity index (χ4v) is 3.43. The van der Waals surface area contributed by atoms with Crippen molar-refractivity contribution < 1.29 is 4.79 Å². The number of carbonyl (C=O) groups is 1. The van der Waals surface area contributed by atoms with Crippen LogP contribution in [-0.4, -0.2) is 25.4 Å². The van der Waals surface area contributed by atoms with Crippen LogP contribution in [-0.2, 0) is 0 Å². The molecule has 4 rings (SSSR count). The Balaban J connectivity index is 1.86. The van der Waals surface area contributed by atoms with Crippen molar-refractivity contribution >= 4 is 34.2 Å². The molecule has 1 amide bonds. The molecule has 0 spiro atoms. The van der Waals surface area contributed by atoms with E-state index in [4.69, 9.17) is 17.3 Å². The summed E-state index contributed by atoms with van der Waals surface area (Å²) in [4.78, 5) is 38.5. The monoisotopic (exact) mass is 420 g/mol. The molecule has 2 heterocycles. The maximum absolute atomic E-state index is 13.4. The van der Waals surface area contributed by atoms with Crippen LogP contribution in [0.25, 0.3) is 16.6 Å². The van der Waals surface area contributed by atoms with Crippen LogP contribution in [0.3, 0.4) is 0 Å². The van der Waals surface area contributed by atoms with E-state index in [0.717, 1.165) is 0 Å². The molecule has 0 bridgehead atoms. The highest BCUT2D eigenvalue weighted by molar-refractivity contribution is 6.35. The number of nitrogens with one attached hydrogen (secondary N) is 1. The molecule has 30 heavy (non-hydrogen) atoms. The number of nitrogens with zero attached hydrogens (tertiary/aromatic N) is 4. The van der Waals surface area contributed by atoms with E-state index in [9.17, 15) is 9.59 Å². The summed E-state index contributed by atoms with van der Waals surface area (Å²) in [5, 5.41) is 3.41. The number of hydrogen-bond donors (Lipinski definition) is 2. The second-order valence-corrected chi connectivity index (χ2v) is 6.97. The molecule has 8 nitrogen and oxygen atoms in total. The van der Waals surface area contributed by atoms with Crippen molar-refractivity contribution in [3.05, 3.63) is 87.8 Å². The first-order chi connectivity index (χ1) is 14.5. The summed E-state index contributed by atoms with van der Waals surface area (Å²) in [6, 6.07) is 13.5. The van der Waals surface area contributed by atoms with E-state index in [1.165, 1.54) is 17.0 Å². The first-order valence-electron chi connectivity index (χ1n) is 9.11. The molecule has 3 N–H and O–H groups in total. The number of para-hydroxylation sites is 1. The first kappa shape index (κ1) is 19.5. The quantitative estimate of drug-likeness (QED) is 0.524. The summed E-state index contributed by atoms with van der Waals surface area (Å²) in [6.07, 6.45) is 2.78. The van der Waals surface area contributed by atoms with Crippen molar-refractivity contribution in [3.8, 4) is 5.69 Å². The van der Waals surface area contributed by atoms with Crippen LogP contribution in [0.2, 0.25) is 5.02 Å². The number of rotatable bonds is 4. The van der Waals surface area contributed by atoms with Gasteiger partial charge in [0.1, 0.15) is 5.82 Å². The Bertz CT molecular complexity index is 1310. The normalized spacial score (nSPS) is 11.9. The number of aromatic nitrogens is 4. The summed E-state index contributed by atoms with van der Waals surface area (Å²) < 4.78 is 1.44. The predicted molar refractivity (Wildman–Crippen MR) is 115 cm³/mol. The highest BCUT2D eigenvalue weighted by Gasteiger charge is 2.22. The molecule has 0 radical (unpaired) electrons. The van der Waals surface area contributed by atoms with E-state index >= 15 is 0 Å². The second-order valence-electron chi connectivity index (χ2n) is 6.57. The molecule has 0 aliphatic carbocycles. The van der Waals surface area contributed by atoms with Crippen LogP contribution in [0.15, 0.2) is 65.7 Å². The van der Waals surface area contributed by atoms with E-state index in [-0.39, 0.29) is 17.1 Å². The van der Waals surface area contributed by atoms with Gasteiger partial charge < -0.3 is 11.1 Å². The number of hydrogen-bond acceptors (Lipinski definition) is 6. The van der Waals surface area contributed by atoms with Gasteiger partial charge in [-0.05, 0) is 31.2 Å². The molecular weight excluding hydrogens is 404 g/mol. The number of nitrogen functional groups attached to an aromatic ring is 1. The number of nitrogens with two attached hydrogens (primary N) is 1. The lowest BCUT2D eigenvalue weighted by atomic mass is 10.2. The second kappa shape index (κ2) is 7.92. The van der Waals surface area contributed by atoms with Crippen molar-refractivity contribution in [2.24, 2.45) is 0 Å². The van der Waals surface area contributed by atoms with Crippen LogP contribution in [0.4, 0.5) is 5.82 Å². The van der Waals surface area contributed by atoms with E-state index in [1.807, 2.05) is 18.2 Å². The van der Waals surface area contributed by atoms with Crippen molar-refractivity contribution in [2.75, 3.05) is 5.73 Å². The van der Waals surface area contributed by atoms with Crippen LogP contribution in [0.5, 0.6) is 0 Å². The van der Waals surface area contributed by atoms with Gasteiger partial charge in [0.25, 0.3) is 11.5 Å². The number of benzene rings is 2. The number of halogens is 1. The SMILES string of the molecule is CC(NC(=O)c1nccnc1N)c1nc2cccc(Cl)c2c(=O)n1-c1ccccc1. The smallest absolute Gasteiger partial charge is 0.274 e. The standard InChI is InChI=1S/C21H17ClN6O2/c1-12(26-20(29)17-18(23)25-11-10-24-17)19-27-15-9-5-8-14(22)16(15)21(30)28(19)13-6-3-2-4-7-13/h2-12H,1H3,(H2,23,25)(H,26,29). The lowest BCUT2D eigenvalue weighted by Crippen LogP contribution is -2.34. The summed E-state index contributed by atoms with van der Waals surface area (Å²) in [5.41, 5.74) is 6.47. The van der Waals surface area contributed by atoms with Crippen LogP contribution in [0.1, 0.15) is 29.3 Å². The Kier molecular flexibility index (Phi) is 5.16. The topological polar surface area (TPSA) is 116 Å². The molecule has 1 atom stereocenters. The number of carbonyl (C=O) groups excluding carboxylic acids is 1. The van der Waals surface area contributed by atoms with Crippen LogP contribution in [0, 0.1) is 0 Å². The molecule has 9 heteroatoms. The van der Waals surface area contributed by atoms with Crippen LogP contribution < -0.4 is 16.6 Å². The fourth-order valence-electron chi connectivity index (χ4n) is 3.18. The molecule has 0 fully saturated rings. The van der Waals surface area contributed by atoms with Gasteiger partial charge in [0.15, 0.2) is 11.5 Å². The van der Waals surface area contributed by atoms with Gasteiger partial charge in [-0.15, -0.1) is 0 Å². The molecule has 2 aromatic heterocycles. The third kappa shape index (κ3) is 3.48. The molecule has 1 unspecified atom stereocenters. The van der Waals surface area contributed by atoms with E-state index < -0.39 is 11.9 Å². The largest absolute Gasteiger partial charge is 0.382 e. The van der Waals surface area contributed by atoms with Gasteiger partial charge in [0.2, 0.25) is 0 Å². The minimum atomic E-state index is -0.643. The van der Waals surface area contributed by atoms with Gasteiger partial charge in [-0.3, -0.25) is 14.2 Å². The Morgan fingerprint density at radius 2 is 1.83 bits per heavy atom. The average molecular weight is 421 g/mol. The van der Waals surface area contributed by atoms with Crippen LogP contribution >= 0.6 is 11.6 Å².